The fraction of sp³-hybridized carbons (Fsp3) is 0.250. The van der Waals surface area contributed by atoms with E-state index in [1.807, 2.05) is 31.2 Å². The molecule has 100 valence electrons. The first-order chi connectivity index (χ1) is 9.20. The van der Waals surface area contributed by atoms with Gasteiger partial charge in [-0.25, -0.2) is 0 Å². The molecular formula is C16H18BrNO. The maximum atomic E-state index is 5.62. The van der Waals surface area contributed by atoms with E-state index in [1.165, 1.54) is 5.56 Å². The topological polar surface area (TPSA) is 21.3 Å². The molecule has 1 unspecified atom stereocenters. The van der Waals surface area contributed by atoms with Gasteiger partial charge in [0.25, 0.3) is 0 Å². The second-order valence-corrected chi connectivity index (χ2v) is 5.26. The summed E-state index contributed by atoms with van der Waals surface area (Å²) in [5.41, 5.74) is 2.27. The molecule has 0 amide bonds. The fourth-order valence-corrected chi connectivity index (χ4v) is 2.20. The fourth-order valence-electron chi connectivity index (χ4n) is 1.94. The van der Waals surface area contributed by atoms with Crippen molar-refractivity contribution in [3.05, 3.63) is 58.6 Å². The third-order valence-corrected chi connectivity index (χ3v) is 3.46. The summed E-state index contributed by atoms with van der Waals surface area (Å²) < 4.78 is 6.72. The second kappa shape index (κ2) is 6.62. The largest absolute Gasteiger partial charge is 0.492 e. The number of hydrogen-bond acceptors (Lipinski definition) is 2. The molecule has 2 aromatic rings. The molecule has 0 saturated heterocycles. The van der Waals surface area contributed by atoms with Gasteiger partial charge in [0, 0.05) is 10.5 Å². The molecule has 0 fully saturated rings. The lowest BCUT2D eigenvalue weighted by Gasteiger charge is -2.18. The van der Waals surface area contributed by atoms with Gasteiger partial charge in [-0.05, 0) is 43.7 Å². The van der Waals surface area contributed by atoms with E-state index in [0.29, 0.717) is 6.61 Å². The highest BCUT2D eigenvalue weighted by Gasteiger charge is 2.08. The predicted octanol–water partition coefficient (Wildman–Crippen LogP) is 5.02. The Bertz CT molecular complexity index is 525. The van der Waals surface area contributed by atoms with Crippen LogP contribution >= 0.6 is 15.9 Å². The number of nitrogens with one attached hydrogen (secondary N) is 1. The van der Waals surface area contributed by atoms with Crippen LogP contribution in [0.5, 0.6) is 5.75 Å². The Labute approximate surface area is 122 Å². The standard InChI is InChI=1S/C16H18BrNO/c1-3-19-16-7-5-4-6-15(16)18-12(2)13-8-10-14(17)11-9-13/h4-12,18H,3H2,1-2H3. The van der Waals surface area contributed by atoms with Gasteiger partial charge in [-0.1, -0.05) is 40.2 Å². The summed E-state index contributed by atoms with van der Waals surface area (Å²) in [6.07, 6.45) is 0. The van der Waals surface area contributed by atoms with Crippen LogP contribution in [0.15, 0.2) is 53.0 Å². The zero-order chi connectivity index (χ0) is 13.7. The van der Waals surface area contributed by atoms with Gasteiger partial charge in [-0.15, -0.1) is 0 Å². The van der Waals surface area contributed by atoms with Gasteiger partial charge in [0.15, 0.2) is 0 Å². The van der Waals surface area contributed by atoms with E-state index in [0.717, 1.165) is 15.9 Å². The highest BCUT2D eigenvalue weighted by molar-refractivity contribution is 9.10. The first kappa shape index (κ1) is 13.9. The Morgan fingerprint density at radius 2 is 1.79 bits per heavy atom. The average Bonchev–Trinajstić information content (AvgIpc) is 2.42. The minimum Gasteiger partial charge on any atom is -0.492 e. The van der Waals surface area contributed by atoms with E-state index in [4.69, 9.17) is 4.74 Å². The third-order valence-electron chi connectivity index (χ3n) is 2.93. The molecule has 0 heterocycles. The van der Waals surface area contributed by atoms with Crippen LogP contribution in [-0.4, -0.2) is 6.61 Å². The molecule has 3 heteroatoms. The van der Waals surface area contributed by atoms with Crippen LogP contribution in [0, 0.1) is 0 Å². The molecule has 19 heavy (non-hydrogen) atoms. The van der Waals surface area contributed by atoms with E-state index in [1.54, 1.807) is 0 Å². The van der Waals surface area contributed by atoms with Crippen LogP contribution in [0.25, 0.3) is 0 Å². The first-order valence-corrected chi connectivity index (χ1v) is 7.24. The SMILES string of the molecule is CCOc1ccccc1NC(C)c1ccc(Br)cc1. The zero-order valence-corrected chi connectivity index (χ0v) is 12.8. The Morgan fingerprint density at radius 1 is 1.11 bits per heavy atom. The van der Waals surface area contributed by atoms with Crippen LogP contribution in [0.2, 0.25) is 0 Å². The van der Waals surface area contributed by atoms with Crippen molar-refractivity contribution in [3.8, 4) is 5.75 Å². The minimum atomic E-state index is 0.231. The second-order valence-electron chi connectivity index (χ2n) is 4.35. The monoisotopic (exact) mass is 319 g/mol. The van der Waals surface area contributed by atoms with Crippen LogP contribution < -0.4 is 10.1 Å². The number of anilines is 1. The zero-order valence-electron chi connectivity index (χ0n) is 11.2. The van der Waals surface area contributed by atoms with E-state index in [9.17, 15) is 0 Å². The molecule has 2 nitrogen and oxygen atoms in total. The molecular weight excluding hydrogens is 302 g/mol. The predicted molar refractivity (Wildman–Crippen MR) is 83.8 cm³/mol. The lowest BCUT2D eigenvalue weighted by Crippen LogP contribution is -2.08. The molecule has 0 radical (unpaired) electrons. The molecule has 0 spiro atoms. The number of para-hydroxylation sites is 2. The summed E-state index contributed by atoms with van der Waals surface area (Å²) in [5, 5.41) is 3.49. The average molecular weight is 320 g/mol. The number of ether oxygens (including phenoxy) is 1. The summed E-state index contributed by atoms with van der Waals surface area (Å²) in [6.45, 7) is 4.81. The summed E-state index contributed by atoms with van der Waals surface area (Å²) >= 11 is 3.45. The van der Waals surface area contributed by atoms with Crippen LogP contribution in [0.3, 0.4) is 0 Å². The van der Waals surface area contributed by atoms with Gasteiger partial charge in [-0.2, -0.15) is 0 Å². The number of rotatable bonds is 5. The maximum Gasteiger partial charge on any atom is 0.142 e. The van der Waals surface area contributed by atoms with Crippen molar-refractivity contribution in [2.75, 3.05) is 11.9 Å². The quantitative estimate of drug-likeness (QED) is 0.835. The summed E-state index contributed by atoms with van der Waals surface area (Å²) in [6, 6.07) is 16.6. The highest BCUT2D eigenvalue weighted by atomic mass is 79.9. The summed E-state index contributed by atoms with van der Waals surface area (Å²) in [4.78, 5) is 0. The van der Waals surface area contributed by atoms with Crippen molar-refractivity contribution in [1.82, 2.24) is 0 Å². The van der Waals surface area contributed by atoms with E-state index >= 15 is 0 Å². The Balaban J connectivity index is 2.14. The summed E-state index contributed by atoms with van der Waals surface area (Å²) in [5.74, 6) is 0.897. The van der Waals surface area contributed by atoms with Crippen molar-refractivity contribution < 1.29 is 4.74 Å². The molecule has 2 aromatic carbocycles. The van der Waals surface area contributed by atoms with Gasteiger partial charge in [-0.3, -0.25) is 0 Å². The minimum absolute atomic E-state index is 0.231. The molecule has 0 aliphatic carbocycles. The maximum absolute atomic E-state index is 5.62. The molecule has 1 N–H and O–H groups in total. The number of benzene rings is 2. The smallest absolute Gasteiger partial charge is 0.142 e. The van der Waals surface area contributed by atoms with Crippen LogP contribution in [0.4, 0.5) is 5.69 Å². The van der Waals surface area contributed by atoms with Crippen molar-refractivity contribution >= 4 is 21.6 Å². The molecule has 0 aliphatic heterocycles. The van der Waals surface area contributed by atoms with Gasteiger partial charge in [0.05, 0.1) is 12.3 Å². The van der Waals surface area contributed by atoms with E-state index in [2.05, 4.69) is 52.4 Å². The summed E-state index contributed by atoms with van der Waals surface area (Å²) in [7, 11) is 0. The van der Waals surface area contributed by atoms with Gasteiger partial charge < -0.3 is 10.1 Å². The molecule has 1 atom stereocenters. The third kappa shape index (κ3) is 3.74. The number of halogens is 1. The van der Waals surface area contributed by atoms with Crippen LogP contribution in [-0.2, 0) is 0 Å². The van der Waals surface area contributed by atoms with E-state index in [-0.39, 0.29) is 6.04 Å². The normalized spacial score (nSPS) is 11.9. The van der Waals surface area contributed by atoms with Crippen LogP contribution in [0.1, 0.15) is 25.5 Å². The Hall–Kier alpha value is -1.48. The van der Waals surface area contributed by atoms with Crippen molar-refractivity contribution in [2.24, 2.45) is 0 Å². The number of hydrogen-bond donors (Lipinski definition) is 1. The van der Waals surface area contributed by atoms with Gasteiger partial charge in [0.1, 0.15) is 5.75 Å². The Kier molecular flexibility index (Phi) is 4.86. The van der Waals surface area contributed by atoms with Crippen molar-refractivity contribution in [2.45, 2.75) is 19.9 Å². The van der Waals surface area contributed by atoms with Gasteiger partial charge in [0.2, 0.25) is 0 Å². The highest BCUT2D eigenvalue weighted by Crippen LogP contribution is 2.28. The molecule has 0 aromatic heterocycles. The van der Waals surface area contributed by atoms with Crippen molar-refractivity contribution in [3.63, 3.8) is 0 Å². The van der Waals surface area contributed by atoms with Crippen molar-refractivity contribution in [1.29, 1.82) is 0 Å². The molecule has 0 bridgehead atoms. The first-order valence-electron chi connectivity index (χ1n) is 6.44. The molecule has 0 aliphatic rings. The molecule has 0 saturated carbocycles. The lowest BCUT2D eigenvalue weighted by molar-refractivity contribution is 0.341. The Morgan fingerprint density at radius 3 is 2.47 bits per heavy atom. The molecule has 2 rings (SSSR count). The van der Waals surface area contributed by atoms with E-state index < -0.39 is 0 Å². The van der Waals surface area contributed by atoms with Gasteiger partial charge >= 0.3 is 0 Å². The lowest BCUT2D eigenvalue weighted by atomic mass is 10.1.